The fraction of sp³-hybridized carbons (Fsp3) is 0.227. The second-order valence-electron chi connectivity index (χ2n) is 7.14. The van der Waals surface area contributed by atoms with E-state index in [-0.39, 0.29) is 11.7 Å². The van der Waals surface area contributed by atoms with Crippen LogP contribution in [0.2, 0.25) is 10.0 Å². The van der Waals surface area contributed by atoms with Crippen LogP contribution in [-0.4, -0.2) is 35.1 Å². The standard InChI is InChI=1S/C22H18Cl2N4OS2/c1-28-7-5-18-15(10-28)20(13-6-8-30-11-13)14(9-25)22(26-18)31-12-19(29)27-21-16(23)3-2-4-17(21)24/h2-4,6,8,11H,5,7,10,12H2,1H3,(H,27,29). The van der Waals surface area contributed by atoms with Crippen LogP contribution in [0.15, 0.2) is 40.1 Å². The van der Waals surface area contributed by atoms with Crippen molar-refractivity contribution in [1.29, 1.82) is 5.26 Å². The maximum absolute atomic E-state index is 12.6. The van der Waals surface area contributed by atoms with Gasteiger partial charge in [0.2, 0.25) is 5.91 Å². The van der Waals surface area contributed by atoms with Gasteiger partial charge in [0.1, 0.15) is 11.1 Å². The molecule has 0 radical (unpaired) electrons. The second-order valence-corrected chi connectivity index (χ2v) is 9.70. The van der Waals surface area contributed by atoms with Crippen molar-refractivity contribution in [1.82, 2.24) is 9.88 Å². The molecule has 3 heterocycles. The number of hydrogen-bond acceptors (Lipinski definition) is 6. The summed E-state index contributed by atoms with van der Waals surface area (Å²) in [5, 5.41) is 18.1. The summed E-state index contributed by atoms with van der Waals surface area (Å²) in [6.07, 6.45) is 0.809. The molecule has 0 fully saturated rings. The van der Waals surface area contributed by atoms with Gasteiger partial charge < -0.3 is 10.2 Å². The van der Waals surface area contributed by atoms with Crippen LogP contribution < -0.4 is 5.32 Å². The first-order chi connectivity index (χ1) is 15.0. The quantitative estimate of drug-likeness (QED) is 0.465. The zero-order valence-corrected chi connectivity index (χ0v) is 19.8. The maximum Gasteiger partial charge on any atom is 0.234 e. The van der Waals surface area contributed by atoms with Gasteiger partial charge >= 0.3 is 0 Å². The zero-order valence-electron chi connectivity index (χ0n) is 16.6. The Labute approximate surface area is 199 Å². The molecule has 1 aliphatic rings. The maximum atomic E-state index is 12.6. The number of likely N-dealkylation sites (N-methyl/N-ethyl adjacent to an activating group) is 1. The lowest BCUT2D eigenvalue weighted by Crippen LogP contribution is -2.28. The van der Waals surface area contributed by atoms with Crippen LogP contribution >= 0.6 is 46.3 Å². The van der Waals surface area contributed by atoms with Crippen molar-refractivity contribution < 1.29 is 4.79 Å². The predicted molar refractivity (Wildman–Crippen MR) is 128 cm³/mol. The van der Waals surface area contributed by atoms with Crippen LogP contribution in [0.4, 0.5) is 5.69 Å². The minimum atomic E-state index is -0.264. The number of anilines is 1. The Morgan fingerprint density at radius 1 is 1.35 bits per heavy atom. The summed E-state index contributed by atoms with van der Waals surface area (Å²) in [7, 11) is 2.07. The first-order valence-electron chi connectivity index (χ1n) is 9.51. The molecule has 0 bridgehead atoms. The van der Waals surface area contributed by atoms with E-state index in [9.17, 15) is 10.1 Å². The number of fused-ring (bicyclic) bond motifs is 1. The van der Waals surface area contributed by atoms with E-state index in [1.807, 2.05) is 16.8 Å². The fourth-order valence-electron chi connectivity index (χ4n) is 3.53. The van der Waals surface area contributed by atoms with Crippen LogP contribution in [0.3, 0.4) is 0 Å². The molecule has 0 saturated carbocycles. The lowest BCUT2D eigenvalue weighted by atomic mass is 9.93. The van der Waals surface area contributed by atoms with Gasteiger partial charge in [0, 0.05) is 30.8 Å². The van der Waals surface area contributed by atoms with Gasteiger partial charge in [-0.25, -0.2) is 4.98 Å². The highest BCUT2D eigenvalue weighted by atomic mass is 35.5. The number of benzene rings is 1. The number of rotatable bonds is 5. The van der Waals surface area contributed by atoms with E-state index in [1.165, 1.54) is 11.8 Å². The van der Waals surface area contributed by atoms with Gasteiger partial charge in [0.15, 0.2) is 0 Å². The number of amides is 1. The molecule has 1 aliphatic heterocycles. The topological polar surface area (TPSA) is 69.0 Å². The third-order valence-corrected chi connectivity index (χ3v) is 7.29. The van der Waals surface area contributed by atoms with Crippen molar-refractivity contribution in [3.05, 3.63) is 61.9 Å². The van der Waals surface area contributed by atoms with E-state index < -0.39 is 0 Å². The van der Waals surface area contributed by atoms with Gasteiger partial charge in [-0.3, -0.25) is 4.79 Å². The number of halogens is 2. The van der Waals surface area contributed by atoms with Gasteiger partial charge in [-0.1, -0.05) is 41.0 Å². The Hall–Kier alpha value is -2.08. The average Bonchev–Trinajstić information content (AvgIpc) is 3.28. The molecular formula is C22H18Cl2N4OS2. The van der Waals surface area contributed by atoms with E-state index in [2.05, 4.69) is 23.3 Å². The van der Waals surface area contributed by atoms with Gasteiger partial charge in [0.05, 0.1) is 27.0 Å². The summed E-state index contributed by atoms with van der Waals surface area (Å²) in [6, 6.07) is 9.41. The van der Waals surface area contributed by atoms with Crippen molar-refractivity contribution in [3.63, 3.8) is 0 Å². The molecular weight excluding hydrogens is 471 g/mol. The molecule has 4 rings (SSSR count). The number of aromatic nitrogens is 1. The number of carbonyl (C=O) groups is 1. The lowest BCUT2D eigenvalue weighted by Gasteiger charge is -2.27. The molecule has 0 unspecified atom stereocenters. The summed E-state index contributed by atoms with van der Waals surface area (Å²) in [5.74, 6) is -0.175. The molecule has 0 atom stereocenters. The van der Waals surface area contributed by atoms with Crippen LogP contribution in [0.1, 0.15) is 16.8 Å². The van der Waals surface area contributed by atoms with Crippen LogP contribution in [0.25, 0.3) is 11.1 Å². The normalized spacial score (nSPS) is 13.5. The van der Waals surface area contributed by atoms with Gasteiger partial charge in [-0.2, -0.15) is 16.6 Å². The number of para-hydroxylation sites is 1. The van der Waals surface area contributed by atoms with Crippen LogP contribution in [-0.2, 0) is 17.8 Å². The molecule has 1 aromatic carbocycles. The van der Waals surface area contributed by atoms with Gasteiger partial charge in [-0.05, 0) is 47.1 Å². The fourth-order valence-corrected chi connectivity index (χ4v) is 5.48. The number of pyridine rings is 1. The monoisotopic (exact) mass is 488 g/mol. The minimum Gasteiger partial charge on any atom is -0.323 e. The first-order valence-corrected chi connectivity index (χ1v) is 12.2. The molecule has 5 nitrogen and oxygen atoms in total. The number of thioether (sulfide) groups is 1. The smallest absolute Gasteiger partial charge is 0.234 e. The molecule has 1 amide bonds. The second kappa shape index (κ2) is 9.60. The number of nitrogens with zero attached hydrogens (tertiary/aromatic N) is 3. The number of carbonyl (C=O) groups excluding carboxylic acids is 1. The molecule has 31 heavy (non-hydrogen) atoms. The Balaban J connectivity index is 1.64. The summed E-state index contributed by atoms with van der Waals surface area (Å²) < 4.78 is 0. The summed E-state index contributed by atoms with van der Waals surface area (Å²) in [4.78, 5) is 19.6. The van der Waals surface area contributed by atoms with Crippen molar-refractivity contribution in [2.24, 2.45) is 0 Å². The minimum absolute atomic E-state index is 0.0883. The third kappa shape index (κ3) is 4.74. The number of hydrogen-bond donors (Lipinski definition) is 1. The first kappa shape index (κ1) is 22.1. The summed E-state index contributed by atoms with van der Waals surface area (Å²) >= 11 is 15.1. The van der Waals surface area contributed by atoms with E-state index in [1.54, 1.807) is 29.5 Å². The van der Waals surface area contributed by atoms with E-state index in [4.69, 9.17) is 28.2 Å². The Bertz CT molecular complexity index is 1150. The molecule has 3 aromatic rings. The Morgan fingerprint density at radius 3 is 2.81 bits per heavy atom. The number of thiophene rings is 1. The lowest BCUT2D eigenvalue weighted by molar-refractivity contribution is -0.113. The van der Waals surface area contributed by atoms with Crippen molar-refractivity contribution in [2.75, 3.05) is 24.7 Å². The highest BCUT2D eigenvalue weighted by Gasteiger charge is 2.25. The Morgan fingerprint density at radius 2 is 2.13 bits per heavy atom. The third-order valence-electron chi connectivity index (χ3n) is 5.00. The van der Waals surface area contributed by atoms with Crippen molar-refractivity contribution in [2.45, 2.75) is 18.0 Å². The summed E-state index contributed by atoms with van der Waals surface area (Å²) in [5.41, 5.74) is 4.94. The van der Waals surface area contributed by atoms with Crippen molar-refractivity contribution in [3.8, 4) is 17.2 Å². The van der Waals surface area contributed by atoms with Gasteiger partial charge in [-0.15, -0.1) is 0 Å². The molecule has 2 aromatic heterocycles. The van der Waals surface area contributed by atoms with E-state index in [0.29, 0.717) is 26.3 Å². The van der Waals surface area contributed by atoms with E-state index in [0.717, 1.165) is 41.9 Å². The highest BCUT2D eigenvalue weighted by Crippen LogP contribution is 2.38. The van der Waals surface area contributed by atoms with Crippen LogP contribution in [0.5, 0.6) is 0 Å². The van der Waals surface area contributed by atoms with Gasteiger partial charge in [0.25, 0.3) is 0 Å². The molecule has 0 aliphatic carbocycles. The largest absolute Gasteiger partial charge is 0.323 e. The molecule has 0 spiro atoms. The summed E-state index contributed by atoms with van der Waals surface area (Å²) in [6.45, 7) is 1.66. The SMILES string of the molecule is CN1CCc2nc(SCC(=O)Nc3c(Cl)cccc3Cl)c(C#N)c(-c3ccsc3)c2C1. The molecule has 1 N–H and O–H groups in total. The molecule has 9 heteroatoms. The van der Waals surface area contributed by atoms with Crippen LogP contribution in [0, 0.1) is 11.3 Å². The molecule has 158 valence electrons. The van der Waals surface area contributed by atoms with Crippen molar-refractivity contribution >= 4 is 57.9 Å². The number of nitrogens with one attached hydrogen (secondary N) is 1. The van der Waals surface area contributed by atoms with E-state index >= 15 is 0 Å². The molecule has 0 saturated heterocycles. The Kier molecular flexibility index (Phi) is 6.85. The highest BCUT2D eigenvalue weighted by molar-refractivity contribution is 8.00. The average molecular weight is 489 g/mol. The predicted octanol–water partition coefficient (Wildman–Crippen LogP) is 5.71. The number of nitriles is 1. The zero-order chi connectivity index (χ0) is 22.0.